The van der Waals surface area contributed by atoms with Crippen LogP contribution in [0.4, 0.5) is 5.69 Å². The van der Waals surface area contributed by atoms with Gasteiger partial charge < -0.3 is 15.5 Å². The number of likely N-dealkylation sites (tertiary alicyclic amines) is 1. The summed E-state index contributed by atoms with van der Waals surface area (Å²) in [6, 6.07) is 0.287. The zero-order chi connectivity index (χ0) is 14.0. The Kier molecular flexibility index (Phi) is 4.09. The smallest absolute Gasteiger partial charge is 0.276 e. The van der Waals surface area contributed by atoms with Crippen LogP contribution in [0.15, 0.2) is 6.20 Å². The van der Waals surface area contributed by atoms with Crippen LogP contribution in [0.3, 0.4) is 0 Å². The summed E-state index contributed by atoms with van der Waals surface area (Å²) in [7, 11) is 3.96. The van der Waals surface area contributed by atoms with Crippen LogP contribution in [-0.2, 0) is 6.54 Å². The van der Waals surface area contributed by atoms with Gasteiger partial charge >= 0.3 is 0 Å². The topological polar surface area (TPSA) is 67.4 Å². The molecule has 6 nitrogen and oxygen atoms in total. The Bertz CT molecular complexity index is 448. The standard InChI is InChI=1S/C13H23N5O/c1-4-18-9-11(14)12(15-18)13(19)17(3)10-5-7-16(2)8-6-10/h9-10H,4-8,14H2,1-3H3. The molecule has 0 unspecified atom stereocenters. The number of nitrogens with two attached hydrogens (primary N) is 1. The molecule has 1 aliphatic heterocycles. The van der Waals surface area contributed by atoms with E-state index in [1.165, 1.54) is 0 Å². The molecule has 1 saturated heterocycles. The zero-order valence-corrected chi connectivity index (χ0v) is 12.0. The van der Waals surface area contributed by atoms with Crippen molar-refractivity contribution in [1.29, 1.82) is 0 Å². The van der Waals surface area contributed by atoms with Gasteiger partial charge in [-0.1, -0.05) is 0 Å². The summed E-state index contributed by atoms with van der Waals surface area (Å²) in [5.41, 5.74) is 6.71. The van der Waals surface area contributed by atoms with Crippen molar-refractivity contribution < 1.29 is 4.79 Å². The second-order valence-electron chi connectivity index (χ2n) is 5.24. The molecule has 1 fully saturated rings. The van der Waals surface area contributed by atoms with Crippen molar-refractivity contribution in [2.24, 2.45) is 0 Å². The molecule has 0 aliphatic carbocycles. The molecule has 0 bridgehead atoms. The van der Waals surface area contributed by atoms with Crippen LogP contribution < -0.4 is 5.73 Å². The number of piperidine rings is 1. The fourth-order valence-corrected chi connectivity index (χ4v) is 2.48. The van der Waals surface area contributed by atoms with Crippen molar-refractivity contribution >= 4 is 11.6 Å². The number of hydrogen-bond acceptors (Lipinski definition) is 4. The molecule has 6 heteroatoms. The summed E-state index contributed by atoms with van der Waals surface area (Å²) in [4.78, 5) is 16.5. The summed E-state index contributed by atoms with van der Waals surface area (Å²) in [5.74, 6) is -0.0701. The van der Waals surface area contributed by atoms with Crippen molar-refractivity contribution in [3.8, 4) is 0 Å². The number of aromatic nitrogens is 2. The predicted molar refractivity (Wildman–Crippen MR) is 74.9 cm³/mol. The summed E-state index contributed by atoms with van der Waals surface area (Å²) >= 11 is 0. The van der Waals surface area contributed by atoms with E-state index in [-0.39, 0.29) is 11.9 Å². The van der Waals surface area contributed by atoms with Crippen LogP contribution in [-0.4, -0.2) is 58.7 Å². The van der Waals surface area contributed by atoms with Crippen LogP contribution >= 0.6 is 0 Å². The van der Waals surface area contributed by atoms with Gasteiger partial charge in [0.1, 0.15) is 0 Å². The Labute approximate surface area is 114 Å². The molecule has 2 heterocycles. The second-order valence-corrected chi connectivity index (χ2v) is 5.24. The Morgan fingerprint density at radius 2 is 2.16 bits per heavy atom. The molecule has 1 aromatic rings. The number of amides is 1. The highest BCUT2D eigenvalue weighted by atomic mass is 16.2. The average molecular weight is 265 g/mol. The Balaban J connectivity index is 2.07. The van der Waals surface area contributed by atoms with E-state index in [1.807, 2.05) is 14.0 Å². The van der Waals surface area contributed by atoms with Gasteiger partial charge in [0.25, 0.3) is 5.91 Å². The minimum atomic E-state index is -0.0701. The highest BCUT2D eigenvalue weighted by Gasteiger charge is 2.27. The zero-order valence-electron chi connectivity index (χ0n) is 12.0. The normalized spacial score (nSPS) is 17.6. The molecule has 1 amide bonds. The molecule has 1 aliphatic rings. The molecule has 19 heavy (non-hydrogen) atoms. The summed E-state index contributed by atoms with van der Waals surface area (Å²) < 4.78 is 1.70. The van der Waals surface area contributed by atoms with Gasteiger partial charge in [0.15, 0.2) is 5.69 Å². The van der Waals surface area contributed by atoms with Gasteiger partial charge in [-0.25, -0.2) is 0 Å². The second kappa shape index (κ2) is 5.61. The third kappa shape index (κ3) is 2.89. The van der Waals surface area contributed by atoms with Crippen molar-refractivity contribution in [2.45, 2.75) is 32.4 Å². The van der Waals surface area contributed by atoms with E-state index in [1.54, 1.807) is 15.8 Å². The molecule has 0 spiro atoms. The lowest BCUT2D eigenvalue weighted by Crippen LogP contribution is -2.44. The molecule has 2 N–H and O–H groups in total. The van der Waals surface area contributed by atoms with Crippen LogP contribution in [0, 0.1) is 0 Å². The lowest BCUT2D eigenvalue weighted by molar-refractivity contribution is 0.0654. The monoisotopic (exact) mass is 265 g/mol. The summed E-state index contributed by atoms with van der Waals surface area (Å²) in [5, 5.41) is 4.25. The summed E-state index contributed by atoms with van der Waals surface area (Å²) in [6.45, 7) is 4.75. The maximum absolute atomic E-state index is 12.4. The molecule has 0 saturated carbocycles. The van der Waals surface area contributed by atoms with Gasteiger partial charge in [-0.2, -0.15) is 5.10 Å². The number of carbonyl (C=O) groups is 1. The molecule has 1 aromatic heterocycles. The average Bonchev–Trinajstić information content (AvgIpc) is 2.79. The Morgan fingerprint density at radius 3 is 2.68 bits per heavy atom. The quantitative estimate of drug-likeness (QED) is 0.871. The largest absolute Gasteiger partial charge is 0.396 e. The van der Waals surface area contributed by atoms with Gasteiger partial charge in [0, 0.05) is 25.8 Å². The van der Waals surface area contributed by atoms with Crippen molar-refractivity contribution in [3.05, 3.63) is 11.9 Å². The van der Waals surface area contributed by atoms with E-state index < -0.39 is 0 Å². The molecule has 106 valence electrons. The van der Waals surface area contributed by atoms with E-state index >= 15 is 0 Å². The fourth-order valence-electron chi connectivity index (χ4n) is 2.48. The molecular weight excluding hydrogens is 242 g/mol. The van der Waals surface area contributed by atoms with Gasteiger partial charge in [-0.15, -0.1) is 0 Å². The third-order valence-corrected chi connectivity index (χ3v) is 3.87. The van der Waals surface area contributed by atoms with Crippen molar-refractivity contribution in [3.63, 3.8) is 0 Å². The number of nitrogens with zero attached hydrogens (tertiary/aromatic N) is 4. The Morgan fingerprint density at radius 1 is 1.53 bits per heavy atom. The molecule has 0 aromatic carbocycles. The molecule has 0 atom stereocenters. The maximum atomic E-state index is 12.4. The fraction of sp³-hybridized carbons (Fsp3) is 0.692. The van der Waals surface area contributed by atoms with E-state index in [2.05, 4.69) is 17.0 Å². The van der Waals surface area contributed by atoms with Crippen LogP contribution in [0.1, 0.15) is 30.3 Å². The van der Waals surface area contributed by atoms with E-state index in [4.69, 9.17) is 5.73 Å². The highest BCUT2D eigenvalue weighted by Crippen LogP contribution is 2.18. The first kappa shape index (κ1) is 13.9. The minimum Gasteiger partial charge on any atom is -0.396 e. The molecule has 0 radical (unpaired) electrons. The van der Waals surface area contributed by atoms with Crippen molar-refractivity contribution in [1.82, 2.24) is 19.6 Å². The maximum Gasteiger partial charge on any atom is 0.276 e. The SMILES string of the molecule is CCn1cc(N)c(C(=O)N(C)C2CCN(C)CC2)n1. The van der Waals surface area contributed by atoms with E-state index in [0.717, 1.165) is 32.5 Å². The lowest BCUT2D eigenvalue weighted by Gasteiger charge is -2.34. The number of carbonyl (C=O) groups excluding carboxylic acids is 1. The Hall–Kier alpha value is -1.56. The van der Waals surface area contributed by atoms with Crippen LogP contribution in [0.5, 0.6) is 0 Å². The number of nitrogen functional groups attached to an aromatic ring is 1. The first-order chi connectivity index (χ1) is 9.02. The third-order valence-electron chi connectivity index (χ3n) is 3.87. The van der Waals surface area contributed by atoms with Crippen LogP contribution in [0.2, 0.25) is 0 Å². The van der Waals surface area contributed by atoms with E-state index in [0.29, 0.717) is 11.4 Å². The van der Waals surface area contributed by atoms with Gasteiger partial charge in [-0.3, -0.25) is 9.48 Å². The number of anilines is 1. The first-order valence-electron chi connectivity index (χ1n) is 6.81. The predicted octanol–water partition coefficient (Wildman–Crippen LogP) is 0.651. The molecule has 2 rings (SSSR count). The molecular formula is C13H23N5O. The number of rotatable bonds is 3. The first-order valence-corrected chi connectivity index (χ1v) is 6.81. The van der Waals surface area contributed by atoms with Gasteiger partial charge in [0.05, 0.1) is 5.69 Å². The number of hydrogen-bond donors (Lipinski definition) is 1. The summed E-state index contributed by atoms with van der Waals surface area (Å²) in [6.07, 6.45) is 3.73. The van der Waals surface area contributed by atoms with Crippen LogP contribution in [0.25, 0.3) is 0 Å². The lowest BCUT2D eigenvalue weighted by atomic mass is 10.0. The highest BCUT2D eigenvalue weighted by molar-refractivity contribution is 5.97. The minimum absolute atomic E-state index is 0.0701. The van der Waals surface area contributed by atoms with Gasteiger partial charge in [0.2, 0.25) is 0 Å². The van der Waals surface area contributed by atoms with Gasteiger partial charge in [-0.05, 0) is 39.9 Å². The number of aryl methyl sites for hydroxylation is 1. The van der Waals surface area contributed by atoms with E-state index in [9.17, 15) is 4.79 Å². The van der Waals surface area contributed by atoms with Crippen molar-refractivity contribution in [2.75, 3.05) is 32.9 Å².